The SMILES string of the molecule is Cc1ccc(S(=O)(=O)N(C#Cc2cccc(C(=O)O)c2-n2cccc2)Cc2ccc3c(ccn3C)c2)cc1. The maximum Gasteiger partial charge on any atom is 0.337 e. The van der Waals surface area contributed by atoms with Crippen molar-refractivity contribution in [1.29, 1.82) is 0 Å². The fourth-order valence-electron chi connectivity index (χ4n) is 4.32. The number of aryl methyl sites for hydroxylation is 2. The molecule has 5 rings (SSSR count). The first-order valence-corrected chi connectivity index (χ1v) is 13.3. The van der Waals surface area contributed by atoms with Gasteiger partial charge in [-0.3, -0.25) is 0 Å². The van der Waals surface area contributed by atoms with E-state index in [1.165, 1.54) is 6.07 Å². The van der Waals surface area contributed by atoms with E-state index in [4.69, 9.17) is 0 Å². The molecule has 0 amide bonds. The van der Waals surface area contributed by atoms with Crippen LogP contribution in [-0.2, 0) is 23.6 Å². The normalized spacial score (nSPS) is 11.2. The summed E-state index contributed by atoms with van der Waals surface area (Å²) in [5.74, 6) is 1.85. The molecule has 0 aliphatic heterocycles. The molecule has 8 heteroatoms. The van der Waals surface area contributed by atoms with Crippen LogP contribution in [0.1, 0.15) is 27.0 Å². The summed E-state index contributed by atoms with van der Waals surface area (Å²) in [7, 11) is -2.04. The van der Waals surface area contributed by atoms with Gasteiger partial charge in [0.15, 0.2) is 0 Å². The number of benzene rings is 3. The summed E-state index contributed by atoms with van der Waals surface area (Å²) in [6.45, 7) is 1.91. The zero-order chi connectivity index (χ0) is 26.9. The van der Waals surface area contributed by atoms with E-state index in [2.05, 4.69) is 12.0 Å². The van der Waals surface area contributed by atoms with Gasteiger partial charge >= 0.3 is 5.97 Å². The zero-order valence-corrected chi connectivity index (χ0v) is 21.7. The second-order valence-electron chi connectivity index (χ2n) is 8.98. The van der Waals surface area contributed by atoms with E-state index >= 15 is 0 Å². The van der Waals surface area contributed by atoms with Crippen molar-refractivity contribution in [1.82, 2.24) is 13.4 Å². The molecule has 2 heterocycles. The molecule has 3 aromatic carbocycles. The van der Waals surface area contributed by atoms with E-state index in [0.29, 0.717) is 11.3 Å². The van der Waals surface area contributed by atoms with Crippen molar-refractivity contribution >= 4 is 26.9 Å². The van der Waals surface area contributed by atoms with Crippen LogP contribution in [0.15, 0.2) is 102 Å². The van der Waals surface area contributed by atoms with Gasteiger partial charge in [0.25, 0.3) is 10.0 Å². The van der Waals surface area contributed by atoms with Crippen LogP contribution in [0.25, 0.3) is 16.6 Å². The van der Waals surface area contributed by atoms with Crippen molar-refractivity contribution in [2.24, 2.45) is 7.05 Å². The van der Waals surface area contributed by atoms with E-state index in [0.717, 1.165) is 26.3 Å². The van der Waals surface area contributed by atoms with Crippen LogP contribution in [0.2, 0.25) is 0 Å². The summed E-state index contributed by atoms with van der Waals surface area (Å²) < 4.78 is 32.3. The Kier molecular flexibility index (Phi) is 6.53. The van der Waals surface area contributed by atoms with Crippen molar-refractivity contribution in [3.63, 3.8) is 0 Å². The van der Waals surface area contributed by atoms with Crippen LogP contribution >= 0.6 is 0 Å². The summed E-state index contributed by atoms with van der Waals surface area (Å²) in [6, 6.07) is 25.6. The second kappa shape index (κ2) is 9.96. The first kappa shape index (κ1) is 24.9. The standard InChI is InChI=1S/C30H25N3O4S/c1-22-8-11-26(12-9-22)38(36,37)33(21-23-10-13-28-25(20-23)14-18-31(28)2)19-15-24-6-5-7-27(30(34)35)29(24)32-16-3-4-17-32/h3-14,16-18,20H,21H2,1-2H3,(H,34,35). The molecule has 7 nitrogen and oxygen atoms in total. The highest BCUT2D eigenvalue weighted by Gasteiger charge is 2.23. The molecule has 0 unspecified atom stereocenters. The maximum atomic E-state index is 13.7. The van der Waals surface area contributed by atoms with Crippen LogP contribution in [0, 0.1) is 18.9 Å². The minimum atomic E-state index is -4.00. The number of nitrogens with zero attached hydrogens (tertiary/aromatic N) is 3. The molecule has 0 bridgehead atoms. The number of aromatic carboxylic acids is 1. The van der Waals surface area contributed by atoms with E-state index in [-0.39, 0.29) is 17.0 Å². The molecular formula is C30H25N3O4S. The molecule has 0 saturated heterocycles. The smallest absolute Gasteiger partial charge is 0.337 e. The summed E-state index contributed by atoms with van der Waals surface area (Å²) in [5.41, 5.74) is 3.58. The zero-order valence-electron chi connectivity index (χ0n) is 20.9. The van der Waals surface area contributed by atoms with E-state index in [9.17, 15) is 18.3 Å². The maximum absolute atomic E-state index is 13.7. The van der Waals surface area contributed by atoms with Crippen LogP contribution in [0.5, 0.6) is 0 Å². The number of fused-ring (bicyclic) bond motifs is 1. The number of carbonyl (C=O) groups is 1. The molecular weight excluding hydrogens is 498 g/mol. The molecule has 2 aromatic heterocycles. The molecule has 0 aliphatic rings. The summed E-state index contributed by atoms with van der Waals surface area (Å²) in [6.07, 6.45) is 5.40. The molecule has 38 heavy (non-hydrogen) atoms. The Morgan fingerprint density at radius 1 is 0.947 bits per heavy atom. The van der Waals surface area contributed by atoms with Gasteiger partial charge in [-0.25, -0.2) is 17.5 Å². The average molecular weight is 524 g/mol. The highest BCUT2D eigenvalue weighted by Crippen LogP contribution is 2.23. The Balaban J connectivity index is 1.62. The number of hydrogen-bond acceptors (Lipinski definition) is 3. The Morgan fingerprint density at radius 2 is 1.68 bits per heavy atom. The van der Waals surface area contributed by atoms with Crippen molar-refractivity contribution < 1.29 is 18.3 Å². The lowest BCUT2D eigenvalue weighted by molar-refractivity contribution is 0.0697. The molecule has 1 N–H and O–H groups in total. The number of rotatable bonds is 6. The minimum Gasteiger partial charge on any atom is -0.478 e. The minimum absolute atomic E-state index is 0.0194. The van der Waals surface area contributed by atoms with Gasteiger partial charge in [-0.05, 0) is 78.4 Å². The van der Waals surface area contributed by atoms with Crippen LogP contribution in [0.3, 0.4) is 0 Å². The molecule has 5 aromatic rings. The number of carboxylic acids is 1. The number of para-hydroxylation sites is 1. The molecule has 0 radical (unpaired) electrons. The third kappa shape index (κ3) is 4.80. The topological polar surface area (TPSA) is 84.5 Å². The quantitative estimate of drug-likeness (QED) is 0.246. The van der Waals surface area contributed by atoms with Crippen LogP contribution in [0.4, 0.5) is 0 Å². The largest absolute Gasteiger partial charge is 0.478 e. The van der Waals surface area contributed by atoms with Gasteiger partial charge in [0.2, 0.25) is 0 Å². The molecule has 0 fully saturated rings. The summed E-state index contributed by atoms with van der Waals surface area (Å²) in [4.78, 5) is 12.1. The summed E-state index contributed by atoms with van der Waals surface area (Å²) >= 11 is 0. The Morgan fingerprint density at radius 3 is 2.39 bits per heavy atom. The van der Waals surface area contributed by atoms with Crippen LogP contribution < -0.4 is 0 Å². The fraction of sp³-hybridized carbons (Fsp3) is 0.100. The molecule has 0 atom stereocenters. The Bertz CT molecular complexity index is 1810. The van der Waals surface area contributed by atoms with Gasteiger partial charge in [-0.2, -0.15) is 0 Å². The highest BCUT2D eigenvalue weighted by molar-refractivity contribution is 7.89. The van der Waals surface area contributed by atoms with Gasteiger partial charge in [0.05, 0.1) is 28.3 Å². The number of aromatic nitrogens is 2. The fourth-order valence-corrected chi connectivity index (χ4v) is 5.54. The van der Waals surface area contributed by atoms with Crippen molar-refractivity contribution in [2.75, 3.05) is 0 Å². The average Bonchev–Trinajstić information content (AvgIpc) is 3.56. The summed E-state index contributed by atoms with van der Waals surface area (Å²) in [5, 5.41) is 10.8. The first-order valence-electron chi connectivity index (χ1n) is 11.9. The number of hydrogen-bond donors (Lipinski definition) is 1. The predicted octanol–water partition coefficient (Wildman–Crippen LogP) is 5.18. The van der Waals surface area contributed by atoms with Crippen molar-refractivity contribution in [2.45, 2.75) is 18.4 Å². The molecule has 0 spiro atoms. The third-order valence-corrected chi connectivity index (χ3v) is 8.00. The lowest BCUT2D eigenvalue weighted by Gasteiger charge is -2.19. The first-order chi connectivity index (χ1) is 18.2. The molecule has 0 aliphatic carbocycles. The van der Waals surface area contributed by atoms with Gasteiger partial charge in [-0.15, -0.1) is 0 Å². The molecule has 0 saturated carbocycles. The lowest BCUT2D eigenvalue weighted by atomic mass is 10.1. The van der Waals surface area contributed by atoms with Crippen LogP contribution in [-0.4, -0.2) is 32.9 Å². The Labute approximate surface area is 221 Å². The van der Waals surface area contributed by atoms with Gasteiger partial charge in [0, 0.05) is 37.2 Å². The third-order valence-electron chi connectivity index (χ3n) is 6.33. The van der Waals surface area contributed by atoms with Crippen molar-refractivity contribution in [3.05, 3.63) is 120 Å². The lowest BCUT2D eigenvalue weighted by Crippen LogP contribution is -2.26. The monoisotopic (exact) mass is 523 g/mol. The van der Waals surface area contributed by atoms with E-state index in [1.54, 1.807) is 65.5 Å². The molecule has 190 valence electrons. The predicted molar refractivity (Wildman–Crippen MR) is 146 cm³/mol. The Hall–Kier alpha value is -4.74. The number of carboxylic acid groups (broad SMARTS) is 1. The van der Waals surface area contributed by atoms with Gasteiger partial charge in [-0.1, -0.05) is 29.8 Å². The number of sulfonamides is 1. The van der Waals surface area contributed by atoms with Crippen molar-refractivity contribution in [3.8, 4) is 17.7 Å². The van der Waals surface area contributed by atoms with Gasteiger partial charge in [0.1, 0.15) is 0 Å². The second-order valence-corrected chi connectivity index (χ2v) is 10.8. The van der Waals surface area contributed by atoms with E-state index < -0.39 is 16.0 Å². The van der Waals surface area contributed by atoms with E-state index in [1.807, 2.05) is 49.0 Å². The van der Waals surface area contributed by atoms with Gasteiger partial charge < -0.3 is 14.2 Å². The highest BCUT2D eigenvalue weighted by atomic mass is 32.2.